The van der Waals surface area contributed by atoms with Crippen LogP contribution < -0.4 is 15.8 Å². The maximum Gasteiger partial charge on any atom is 0.263 e. The van der Waals surface area contributed by atoms with Crippen LogP contribution in [0.15, 0.2) is 59.9 Å². The van der Waals surface area contributed by atoms with Crippen LogP contribution in [0.3, 0.4) is 0 Å². The average Bonchev–Trinajstić information content (AvgIpc) is 3.26. The zero-order valence-corrected chi connectivity index (χ0v) is 22.0. The summed E-state index contributed by atoms with van der Waals surface area (Å²) < 4.78 is 0. The van der Waals surface area contributed by atoms with E-state index in [1.165, 1.54) is 28.6 Å². The zero-order chi connectivity index (χ0) is 25.1. The van der Waals surface area contributed by atoms with Crippen molar-refractivity contribution in [2.75, 3.05) is 32.9 Å². The summed E-state index contributed by atoms with van der Waals surface area (Å²) >= 11 is 1.38. The Balaban J connectivity index is 1.47. The molecule has 0 aliphatic heterocycles. The van der Waals surface area contributed by atoms with Gasteiger partial charge in [-0.2, -0.15) is 0 Å². The summed E-state index contributed by atoms with van der Waals surface area (Å²) in [7, 11) is 2.22. The molecule has 1 unspecified atom stereocenters. The van der Waals surface area contributed by atoms with Gasteiger partial charge < -0.3 is 10.2 Å². The summed E-state index contributed by atoms with van der Waals surface area (Å²) in [5.41, 5.74) is 1.10. The maximum absolute atomic E-state index is 10.6. The highest BCUT2D eigenvalue weighted by Crippen LogP contribution is 2.42. The third-order valence-corrected chi connectivity index (χ3v) is 7.61. The van der Waals surface area contributed by atoms with Crippen LogP contribution >= 0.6 is 11.8 Å². The van der Waals surface area contributed by atoms with Crippen LogP contribution in [0.5, 0.6) is 0 Å². The Bertz CT molecular complexity index is 1070. The predicted molar refractivity (Wildman–Crippen MR) is 147 cm³/mol. The molecule has 1 aliphatic carbocycles. The summed E-state index contributed by atoms with van der Waals surface area (Å²) in [5, 5.41) is 17.0. The summed E-state index contributed by atoms with van der Waals surface area (Å²) in [6, 6.07) is 14.9. The summed E-state index contributed by atoms with van der Waals surface area (Å²) in [6.07, 6.45) is 15.2. The van der Waals surface area contributed by atoms with Gasteiger partial charge in [0, 0.05) is 29.8 Å². The number of hydrogen-bond donors (Lipinski definition) is 1. The second kappa shape index (κ2) is 13.4. The summed E-state index contributed by atoms with van der Waals surface area (Å²) in [4.78, 5) is 17.3. The van der Waals surface area contributed by atoms with Gasteiger partial charge in [0.25, 0.3) is 6.20 Å². The standard InChI is InChI=1S/C28H38N4O2S/c1-23(26-14-8-10-16-29-26)28(20-24-12-6-7-13-25(24)21-28)15-19-31(2)18-11-5-4-9-17-30-27(35-3)22-32(33)34/h6-8,10,12-14,16,20-23,30H,4-5,9,11,15,17-19H2,1-3H3. The molecule has 188 valence electrons. The number of pyridine rings is 1. The first-order chi connectivity index (χ1) is 16.9. The minimum Gasteiger partial charge on any atom is -0.375 e. The highest BCUT2D eigenvalue weighted by atomic mass is 32.2. The van der Waals surface area contributed by atoms with Gasteiger partial charge in [0.2, 0.25) is 0 Å². The van der Waals surface area contributed by atoms with Crippen LogP contribution in [0.4, 0.5) is 0 Å². The van der Waals surface area contributed by atoms with Gasteiger partial charge in [-0.05, 0) is 68.2 Å². The number of nitrogens with one attached hydrogen (secondary N) is 1. The Labute approximate surface area is 213 Å². The van der Waals surface area contributed by atoms with Crippen LogP contribution in [0, 0.1) is 15.5 Å². The molecule has 0 saturated carbocycles. The van der Waals surface area contributed by atoms with Crippen molar-refractivity contribution in [2.45, 2.75) is 44.9 Å². The number of fused-ring (bicyclic) bond motifs is 1. The second-order valence-electron chi connectivity index (χ2n) is 9.38. The number of hydrogen-bond acceptors (Lipinski definition) is 6. The molecule has 0 radical (unpaired) electrons. The van der Waals surface area contributed by atoms with Gasteiger partial charge in [0.05, 0.1) is 4.92 Å². The summed E-state index contributed by atoms with van der Waals surface area (Å²) in [6.45, 7) is 5.18. The molecule has 1 aliphatic rings. The maximum atomic E-state index is 10.6. The monoisotopic (exact) mass is 494 g/mol. The van der Waals surface area contributed by atoms with Gasteiger partial charge in [0.1, 0.15) is 5.03 Å². The normalized spacial score (nSPS) is 15.3. The lowest BCUT2D eigenvalue weighted by Crippen LogP contribution is -2.30. The van der Waals surface area contributed by atoms with Crippen LogP contribution in [0.1, 0.15) is 50.6 Å². The minimum atomic E-state index is -0.407. The SMILES string of the molecule is CSC(=C[N+](=O)[O-])NCCCCCCN(C)CCC1(C(C)c2ccccn2)C=c2ccccc2=C1. The average molecular weight is 495 g/mol. The van der Waals surface area contributed by atoms with Crippen molar-refractivity contribution in [1.29, 1.82) is 0 Å². The Hall–Kier alpha value is -2.64. The molecular formula is C28H38N4O2S. The van der Waals surface area contributed by atoms with E-state index < -0.39 is 4.92 Å². The van der Waals surface area contributed by atoms with Crippen LogP contribution in [-0.2, 0) is 0 Å². The van der Waals surface area contributed by atoms with Crippen molar-refractivity contribution in [3.05, 3.63) is 86.1 Å². The minimum absolute atomic E-state index is 0.0375. The molecule has 1 aromatic carbocycles. The number of unbranched alkanes of at least 4 members (excludes halogenated alkanes) is 3. The number of nitrogens with zero attached hydrogens (tertiary/aromatic N) is 3. The topological polar surface area (TPSA) is 71.3 Å². The first kappa shape index (κ1) is 27.0. The second-order valence-corrected chi connectivity index (χ2v) is 10.2. The quantitative estimate of drug-likeness (QED) is 0.225. The van der Waals surface area contributed by atoms with E-state index in [1.807, 2.05) is 18.5 Å². The number of benzene rings is 1. The fourth-order valence-corrected chi connectivity index (χ4v) is 5.19. The lowest BCUT2D eigenvalue weighted by atomic mass is 9.72. The van der Waals surface area contributed by atoms with Gasteiger partial charge in [-0.3, -0.25) is 15.1 Å². The number of nitro groups is 1. The van der Waals surface area contributed by atoms with Gasteiger partial charge in [0.15, 0.2) is 0 Å². The van der Waals surface area contributed by atoms with E-state index in [0.717, 1.165) is 57.2 Å². The molecule has 0 fully saturated rings. The molecule has 0 saturated heterocycles. The Morgan fingerprint density at radius 1 is 1.11 bits per heavy atom. The van der Waals surface area contributed by atoms with Crippen molar-refractivity contribution in [3.63, 3.8) is 0 Å². The van der Waals surface area contributed by atoms with Crippen molar-refractivity contribution < 1.29 is 4.92 Å². The molecule has 1 atom stereocenters. The van der Waals surface area contributed by atoms with E-state index in [2.05, 4.69) is 77.7 Å². The largest absolute Gasteiger partial charge is 0.375 e. The number of thioether (sulfide) groups is 1. The Kier molecular flexibility index (Phi) is 10.4. The van der Waals surface area contributed by atoms with E-state index in [0.29, 0.717) is 10.9 Å². The van der Waals surface area contributed by atoms with E-state index in [4.69, 9.17) is 0 Å². The molecule has 6 nitrogen and oxygen atoms in total. The van der Waals surface area contributed by atoms with Crippen LogP contribution in [-0.4, -0.2) is 47.7 Å². The van der Waals surface area contributed by atoms with E-state index in [9.17, 15) is 10.1 Å². The predicted octanol–water partition coefficient (Wildman–Crippen LogP) is 4.36. The first-order valence-electron chi connectivity index (χ1n) is 12.5. The zero-order valence-electron chi connectivity index (χ0n) is 21.2. The van der Waals surface area contributed by atoms with Crippen molar-refractivity contribution >= 4 is 23.9 Å². The van der Waals surface area contributed by atoms with E-state index in [-0.39, 0.29) is 5.41 Å². The molecule has 0 spiro atoms. The molecule has 35 heavy (non-hydrogen) atoms. The molecule has 1 aromatic heterocycles. The molecule has 7 heteroatoms. The van der Waals surface area contributed by atoms with Crippen molar-refractivity contribution in [1.82, 2.24) is 15.2 Å². The molecule has 2 aromatic rings. The van der Waals surface area contributed by atoms with Crippen LogP contribution in [0.2, 0.25) is 0 Å². The van der Waals surface area contributed by atoms with E-state index in [1.54, 1.807) is 0 Å². The lowest BCUT2D eigenvalue weighted by molar-refractivity contribution is -0.403. The molecule has 0 bridgehead atoms. The van der Waals surface area contributed by atoms with Crippen molar-refractivity contribution in [3.8, 4) is 0 Å². The third kappa shape index (κ3) is 7.94. The third-order valence-electron chi connectivity index (χ3n) is 6.92. The fraction of sp³-hybridized carbons (Fsp3) is 0.464. The van der Waals surface area contributed by atoms with E-state index >= 15 is 0 Å². The van der Waals surface area contributed by atoms with Gasteiger partial charge in [-0.1, -0.05) is 62.2 Å². The van der Waals surface area contributed by atoms with Crippen LogP contribution in [0.25, 0.3) is 12.2 Å². The molecule has 0 amide bonds. The molecule has 1 N–H and O–H groups in total. The number of aromatic nitrogens is 1. The Morgan fingerprint density at radius 2 is 1.80 bits per heavy atom. The smallest absolute Gasteiger partial charge is 0.263 e. The molecule has 1 heterocycles. The Morgan fingerprint density at radius 3 is 2.43 bits per heavy atom. The van der Waals surface area contributed by atoms with Gasteiger partial charge in [-0.15, -0.1) is 11.8 Å². The molecular weight excluding hydrogens is 456 g/mol. The van der Waals surface area contributed by atoms with Gasteiger partial charge >= 0.3 is 0 Å². The lowest BCUT2D eigenvalue weighted by Gasteiger charge is -2.34. The van der Waals surface area contributed by atoms with Gasteiger partial charge in [-0.25, -0.2) is 0 Å². The highest BCUT2D eigenvalue weighted by molar-refractivity contribution is 8.02. The summed E-state index contributed by atoms with van der Waals surface area (Å²) in [5.74, 6) is 0.299. The first-order valence-corrected chi connectivity index (χ1v) is 13.7. The molecule has 3 rings (SSSR count). The number of rotatable bonds is 15. The highest BCUT2D eigenvalue weighted by Gasteiger charge is 2.35. The van der Waals surface area contributed by atoms with Crippen molar-refractivity contribution in [2.24, 2.45) is 5.41 Å². The fourth-order valence-electron chi connectivity index (χ4n) is 4.75.